The van der Waals surface area contributed by atoms with E-state index >= 15 is 0 Å². The van der Waals surface area contributed by atoms with Crippen LogP contribution in [0.25, 0.3) is 5.57 Å². The molecule has 4 heteroatoms. The molecule has 1 atom stereocenters. The number of rotatable bonds is 2. The van der Waals surface area contributed by atoms with Gasteiger partial charge in [0.2, 0.25) is 0 Å². The molecule has 1 aromatic carbocycles. The Kier molecular flexibility index (Phi) is 2.95. The van der Waals surface area contributed by atoms with Crippen molar-refractivity contribution in [1.82, 2.24) is 4.81 Å². The van der Waals surface area contributed by atoms with Gasteiger partial charge in [-0.1, -0.05) is 6.58 Å². The molecule has 0 saturated carbocycles. The van der Waals surface area contributed by atoms with E-state index in [4.69, 9.17) is 0 Å². The Morgan fingerprint density at radius 2 is 2.07 bits per heavy atom. The van der Waals surface area contributed by atoms with Gasteiger partial charge in [-0.3, -0.25) is 0 Å². The van der Waals surface area contributed by atoms with E-state index in [1.807, 2.05) is 0 Å². The van der Waals surface area contributed by atoms with Gasteiger partial charge in [-0.25, -0.2) is 9.60 Å². The number of hydrogen-bond donors (Lipinski definition) is 1. The van der Waals surface area contributed by atoms with Gasteiger partial charge in [0.1, 0.15) is 12.9 Å². The quantitative estimate of drug-likeness (QED) is 0.603. The monoisotopic (exact) mass is 211 g/mol. The van der Waals surface area contributed by atoms with Crippen molar-refractivity contribution in [2.45, 2.75) is 13.8 Å². The molecule has 0 radical (unpaired) electrons. The van der Waals surface area contributed by atoms with Gasteiger partial charge in [-0.2, -0.15) is 4.81 Å². The van der Waals surface area contributed by atoms with Crippen LogP contribution >= 0.6 is 0 Å². The molecule has 0 fully saturated rings. The fraction of sp³-hybridized carbons (Fsp3) is 0.273. The van der Waals surface area contributed by atoms with Gasteiger partial charge >= 0.3 is 0 Å². The number of quaternary nitrogens is 1. The molecule has 0 heterocycles. The van der Waals surface area contributed by atoms with E-state index in [1.54, 1.807) is 6.92 Å². The van der Waals surface area contributed by atoms with E-state index in [1.165, 1.54) is 19.1 Å². The first kappa shape index (κ1) is 11.8. The second-order valence-electron chi connectivity index (χ2n) is 3.78. The van der Waals surface area contributed by atoms with Gasteiger partial charge in [0.25, 0.3) is 0 Å². The molecule has 0 aromatic heterocycles. The highest BCUT2D eigenvalue weighted by Crippen LogP contribution is 2.30. The van der Waals surface area contributed by atoms with Gasteiger partial charge in [-0.15, -0.1) is 0 Å². The van der Waals surface area contributed by atoms with Gasteiger partial charge < -0.3 is 5.21 Å². The molecule has 0 aliphatic carbocycles. The molecule has 1 aromatic rings. The number of aryl methyl sites for hydroxylation is 1. The Morgan fingerprint density at radius 3 is 2.47 bits per heavy atom. The molecule has 1 unspecified atom stereocenters. The van der Waals surface area contributed by atoms with Crippen molar-refractivity contribution in [3.05, 3.63) is 40.9 Å². The first-order valence-corrected chi connectivity index (χ1v) is 4.50. The lowest BCUT2D eigenvalue weighted by Gasteiger charge is -2.30. The summed E-state index contributed by atoms with van der Waals surface area (Å²) in [5.74, 6) is -0.412. The Balaban J connectivity index is 3.49. The molecule has 3 nitrogen and oxygen atoms in total. The minimum atomic E-state index is -1.58. The summed E-state index contributed by atoms with van der Waals surface area (Å²) in [5, 5.41) is 20.8. The van der Waals surface area contributed by atoms with E-state index in [0.717, 1.165) is 7.05 Å². The average molecular weight is 211 g/mol. The number of hydroxylamine groups is 2. The number of allylic oxidation sites excluding steroid dienone is 1. The highest BCUT2D eigenvalue weighted by Gasteiger charge is 2.19. The van der Waals surface area contributed by atoms with Crippen LogP contribution in [0.5, 0.6) is 0 Å². The van der Waals surface area contributed by atoms with E-state index in [0.29, 0.717) is 16.7 Å². The standard InChI is InChI=1S/C11H14FNO2/c1-7(2)9-6-10(12)8(3)5-11(9)13(4,14)15/h5-6,14H,1H2,2-4H3. The zero-order chi connectivity index (χ0) is 11.8. The molecule has 0 bridgehead atoms. The van der Waals surface area contributed by atoms with E-state index < -0.39 is 10.6 Å². The predicted octanol–water partition coefficient (Wildman–Crippen LogP) is 2.99. The van der Waals surface area contributed by atoms with Crippen molar-refractivity contribution in [2.24, 2.45) is 0 Å². The van der Waals surface area contributed by atoms with E-state index in [9.17, 15) is 14.8 Å². The fourth-order valence-corrected chi connectivity index (χ4v) is 1.35. The van der Waals surface area contributed by atoms with Crippen molar-refractivity contribution >= 4 is 11.3 Å². The maximum atomic E-state index is 13.3. The summed E-state index contributed by atoms with van der Waals surface area (Å²) in [6, 6.07) is 2.56. The fourth-order valence-electron chi connectivity index (χ4n) is 1.35. The van der Waals surface area contributed by atoms with Crippen LogP contribution in [-0.4, -0.2) is 12.3 Å². The van der Waals surface area contributed by atoms with Crippen LogP contribution in [0.2, 0.25) is 0 Å². The largest absolute Gasteiger partial charge is 0.593 e. The molecule has 0 saturated heterocycles. The Hall–Kier alpha value is -1.23. The third-order valence-electron chi connectivity index (χ3n) is 2.18. The highest BCUT2D eigenvalue weighted by molar-refractivity contribution is 5.73. The molecule has 0 amide bonds. The van der Waals surface area contributed by atoms with Gasteiger partial charge in [0, 0.05) is 11.6 Å². The topological polar surface area (TPSA) is 43.3 Å². The van der Waals surface area contributed by atoms with Crippen LogP contribution in [0.1, 0.15) is 18.1 Å². The van der Waals surface area contributed by atoms with Crippen LogP contribution in [0, 0.1) is 17.9 Å². The van der Waals surface area contributed by atoms with Gasteiger partial charge in [-0.05, 0) is 31.1 Å². The van der Waals surface area contributed by atoms with Crippen molar-refractivity contribution < 1.29 is 9.60 Å². The van der Waals surface area contributed by atoms with Crippen LogP contribution < -0.4 is 4.81 Å². The van der Waals surface area contributed by atoms with Gasteiger partial charge in [0.05, 0.1) is 0 Å². The summed E-state index contributed by atoms with van der Waals surface area (Å²) in [4.78, 5) is -1.58. The second kappa shape index (κ2) is 3.73. The SMILES string of the molecule is C=C(C)c1cc(F)c(C)cc1[N+](C)([O-])O. The molecule has 82 valence electrons. The minimum absolute atomic E-state index is 0.0985. The van der Waals surface area contributed by atoms with Gasteiger partial charge in [0.15, 0.2) is 5.69 Å². The molecule has 0 spiro atoms. The summed E-state index contributed by atoms with van der Waals surface area (Å²) in [5.41, 5.74) is 1.31. The molecular weight excluding hydrogens is 197 g/mol. The minimum Gasteiger partial charge on any atom is -0.593 e. The third kappa shape index (κ3) is 2.41. The molecule has 0 aliphatic heterocycles. The highest BCUT2D eigenvalue weighted by atomic mass is 19.1. The lowest BCUT2D eigenvalue weighted by Crippen LogP contribution is -2.34. The van der Waals surface area contributed by atoms with E-state index in [2.05, 4.69) is 6.58 Å². The molecule has 15 heavy (non-hydrogen) atoms. The van der Waals surface area contributed by atoms with E-state index in [-0.39, 0.29) is 5.69 Å². The Labute approximate surface area is 88.2 Å². The molecule has 1 rings (SSSR count). The molecular formula is C11H14FNO2. The average Bonchev–Trinajstić information content (AvgIpc) is 2.06. The number of halogens is 1. The van der Waals surface area contributed by atoms with Crippen molar-refractivity contribution in [3.8, 4) is 0 Å². The lowest BCUT2D eigenvalue weighted by molar-refractivity contribution is -0.00469. The summed E-state index contributed by atoms with van der Waals surface area (Å²) >= 11 is 0. The van der Waals surface area contributed by atoms with Crippen LogP contribution in [0.3, 0.4) is 0 Å². The first-order valence-electron chi connectivity index (χ1n) is 4.50. The zero-order valence-electron chi connectivity index (χ0n) is 9.04. The number of hydrogen-bond acceptors (Lipinski definition) is 2. The second-order valence-corrected chi connectivity index (χ2v) is 3.78. The Morgan fingerprint density at radius 1 is 1.53 bits per heavy atom. The molecule has 0 aliphatic rings. The van der Waals surface area contributed by atoms with Crippen molar-refractivity contribution in [3.63, 3.8) is 0 Å². The summed E-state index contributed by atoms with van der Waals surface area (Å²) in [7, 11) is 1.07. The molecule has 1 N–H and O–H groups in total. The number of nitrogens with zero attached hydrogens (tertiary/aromatic N) is 1. The zero-order valence-corrected chi connectivity index (χ0v) is 9.04. The lowest BCUT2D eigenvalue weighted by atomic mass is 10.0. The Bertz CT molecular complexity index is 408. The smallest absolute Gasteiger partial charge is 0.173 e. The van der Waals surface area contributed by atoms with Crippen molar-refractivity contribution in [2.75, 3.05) is 7.05 Å². The maximum absolute atomic E-state index is 13.3. The van der Waals surface area contributed by atoms with Crippen LogP contribution in [-0.2, 0) is 0 Å². The van der Waals surface area contributed by atoms with Crippen LogP contribution in [0.15, 0.2) is 18.7 Å². The predicted molar refractivity (Wildman–Crippen MR) is 58.7 cm³/mol. The first-order chi connectivity index (χ1) is 6.73. The van der Waals surface area contributed by atoms with Crippen molar-refractivity contribution in [1.29, 1.82) is 0 Å². The normalized spacial score (nSPS) is 14.8. The maximum Gasteiger partial charge on any atom is 0.173 e. The number of benzene rings is 1. The van der Waals surface area contributed by atoms with Crippen LogP contribution in [0.4, 0.5) is 10.1 Å². The summed E-state index contributed by atoms with van der Waals surface area (Å²) in [6.07, 6.45) is 0. The summed E-state index contributed by atoms with van der Waals surface area (Å²) < 4.78 is 13.3. The summed E-state index contributed by atoms with van der Waals surface area (Å²) in [6.45, 7) is 6.84. The third-order valence-corrected chi connectivity index (χ3v) is 2.18.